The van der Waals surface area contributed by atoms with Crippen LogP contribution < -0.4 is 0 Å². The van der Waals surface area contributed by atoms with Gasteiger partial charge in [-0.1, -0.05) is 13.3 Å². The van der Waals surface area contributed by atoms with E-state index in [0.717, 1.165) is 6.42 Å². The highest BCUT2D eigenvalue weighted by molar-refractivity contribution is 7.67. The zero-order valence-electron chi connectivity index (χ0n) is 7.40. The molecule has 1 N–H and O–H groups in total. The molecule has 0 saturated carbocycles. The zero-order valence-corrected chi connectivity index (χ0v) is 10.7. The van der Waals surface area contributed by atoms with Crippen molar-refractivity contribution in [3.63, 3.8) is 0 Å². The first-order chi connectivity index (χ1) is 5.80. The molecule has 0 aromatic rings. The van der Waals surface area contributed by atoms with Crippen molar-refractivity contribution in [2.24, 2.45) is 0 Å². The van der Waals surface area contributed by atoms with Gasteiger partial charge in [0.25, 0.3) is 0 Å². The van der Waals surface area contributed by atoms with Crippen LogP contribution in [0.25, 0.3) is 0 Å². The lowest BCUT2D eigenvalue weighted by Crippen LogP contribution is -2.19. The molecule has 0 aliphatic heterocycles. The summed E-state index contributed by atoms with van der Waals surface area (Å²) in [5, 5.41) is 9.22. The normalized spacial score (nSPS) is 13.9. The molecule has 0 fully saturated rings. The molecule has 0 spiro atoms. The van der Waals surface area contributed by atoms with Gasteiger partial charge in [0.15, 0.2) is 0 Å². The maximum absolute atomic E-state index is 10.7. The Balaban J connectivity index is 5.00. The van der Waals surface area contributed by atoms with Gasteiger partial charge < -0.3 is 5.11 Å². The molecule has 0 unspecified atom stereocenters. The number of hydrogen-bond donors (Lipinski definition) is 1. The van der Waals surface area contributed by atoms with E-state index in [2.05, 4.69) is 0 Å². The van der Waals surface area contributed by atoms with E-state index in [1.54, 1.807) is 0 Å². The molecule has 0 radical (unpaired) electrons. The van der Waals surface area contributed by atoms with E-state index in [4.69, 9.17) is 38.3 Å². The Morgan fingerprint density at radius 3 is 2.08 bits per heavy atom. The maximum Gasteiger partial charge on any atom is 0.369 e. The molecule has 0 heterocycles. The molecule has 13 heavy (non-hydrogen) atoms. The topological polar surface area (TPSA) is 37.3 Å². The lowest BCUT2D eigenvalue weighted by molar-refractivity contribution is -0.132. The summed E-state index contributed by atoms with van der Waals surface area (Å²) < 4.78 is 0. The Morgan fingerprint density at radius 1 is 1.38 bits per heavy atom. The van der Waals surface area contributed by atoms with E-state index < -0.39 is 12.0 Å². The maximum atomic E-state index is 10.7. The van der Waals surface area contributed by atoms with Crippen molar-refractivity contribution in [1.29, 1.82) is 0 Å². The van der Waals surface area contributed by atoms with Crippen molar-refractivity contribution in [1.82, 2.24) is 0 Å². The summed E-state index contributed by atoms with van der Waals surface area (Å²) in [6, 6.07) is -3.02. The van der Waals surface area contributed by atoms with Crippen LogP contribution >= 0.6 is 33.2 Å². The minimum Gasteiger partial charge on any atom is -0.478 e. The van der Waals surface area contributed by atoms with Gasteiger partial charge in [0.2, 0.25) is 0 Å². The summed E-state index contributed by atoms with van der Waals surface area (Å²) >= 11 is 17.3. The Bertz CT molecular complexity index is 232. The quantitative estimate of drug-likeness (QED) is 0.478. The summed E-state index contributed by atoms with van der Waals surface area (Å²) in [6.45, 7) is 3.39. The van der Waals surface area contributed by atoms with E-state index in [0.29, 0.717) is 11.6 Å². The number of aliphatic carboxylic acids is 1. The average Bonchev–Trinajstić information content (AvgIpc) is 1.96. The molecular weight excluding hydrogens is 251 g/mol. The second-order valence-electron chi connectivity index (χ2n) is 2.66. The molecule has 0 aliphatic carbocycles. The third-order valence-electron chi connectivity index (χ3n) is 1.62. The van der Waals surface area contributed by atoms with Crippen LogP contribution in [0.3, 0.4) is 0 Å². The first-order valence-corrected chi connectivity index (χ1v) is 8.84. The molecule has 0 aromatic carbocycles. The molecule has 0 aromatic heterocycles. The lowest BCUT2D eigenvalue weighted by atomic mass is 10.2. The number of allylic oxidation sites excluding steroid dienone is 1. The largest absolute Gasteiger partial charge is 0.478 e. The van der Waals surface area contributed by atoms with Crippen LogP contribution in [0.5, 0.6) is 0 Å². The standard InChI is InChI=1S/C7H11Cl3O2Si/c1-3-4-6(13(8,9)10)5(2)7(11)12/h3-4H2,1-2H3,(H,11,12). The van der Waals surface area contributed by atoms with Crippen LogP contribution in [-0.2, 0) is 4.79 Å². The van der Waals surface area contributed by atoms with Crippen LogP contribution in [0.15, 0.2) is 10.8 Å². The molecular formula is C7H11Cl3O2Si. The van der Waals surface area contributed by atoms with Crippen molar-refractivity contribution in [2.45, 2.75) is 26.7 Å². The van der Waals surface area contributed by atoms with Crippen LogP contribution in [0.2, 0.25) is 0 Å². The Morgan fingerprint density at radius 2 is 1.85 bits per heavy atom. The molecule has 6 heteroatoms. The van der Waals surface area contributed by atoms with Crippen LogP contribution in [0.4, 0.5) is 0 Å². The molecule has 0 saturated heterocycles. The molecule has 76 valence electrons. The molecule has 0 bridgehead atoms. The predicted molar refractivity (Wildman–Crippen MR) is 58.6 cm³/mol. The Kier molecular flexibility index (Phi) is 5.37. The predicted octanol–water partition coefficient (Wildman–Crippen LogP) is 3.38. The SMILES string of the molecule is CCCC(=C(C)C(=O)O)[Si](Cl)(Cl)Cl. The summed E-state index contributed by atoms with van der Waals surface area (Å²) in [5.41, 5.74) is 0.175. The summed E-state index contributed by atoms with van der Waals surface area (Å²) in [6.07, 6.45) is 1.32. The monoisotopic (exact) mass is 260 g/mol. The summed E-state index contributed by atoms with van der Waals surface area (Å²) in [7, 11) is 0. The second-order valence-corrected chi connectivity index (χ2v) is 11.1. The fraction of sp³-hybridized carbons (Fsp3) is 0.571. The van der Waals surface area contributed by atoms with E-state index in [1.165, 1.54) is 6.92 Å². The van der Waals surface area contributed by atoms with Crippen molar-refractivity contribution < 1.29 is 9.90 Å². The Labute approximate surface area is 92.6 Å². The molecule has 0 atom stereocenters. The number of halogens is 3. The van der Waals surface area contributed by atoms with Gasteiger partial charge in [0.05, 0.1) is 0 Å². The van der Waals surface area contributed by atoms with Gasteiger partial charge in [-0.3, -0.25) is 0 Å². The highest BCUT2D eigenvalue weighted by atomic mass is 35.8. The molecule has 0 amide bonds. The van der Waals surface area contributed by atoms with Gasteiger partial charge in [-0.15, -0.1) is 33.2 Å². The van der Waals surface area contributed by atoms with Gasteiger partial charge in [0.1, 0.15) is 0 Å². The van der Waals surface area contributed by atoms with Crippen LogP contribution in [0.1, 0.15) is 26.7 Å². The number of hydrogen-bond acceptors (Lipinski definition) is 1. The third-order valence-corrected chi connectivity index (χ3v) is 4.98. The first kappa shape index (κ1) is 13.3. The fourth-order valence-electron chi connectivity index (χ4n) is 0.921. The van der Waals surface area contributed by atoms with E-state index in [-0.39, 0.29) is 5.57 Å². The van der Waals surface area contributed by atoms with Gasteiger partial charge >= 0.3 is 12.0 Å². The van der Waals surface area contributed by atoms with E-state index in [1.807, 2.05) is 6.92 Å². The van der Waals surface area contributed by atoms with E-state index >= 15 is 0 Å². The molecule has 2 nitrogen and oxygen atoms in total. The first-order valence-electron chi connectivity index (χ1n) is 3.81. The van der Waals surface area contributed by atoms with Gasteiger partial charge in [-0.05, 0) is 18.5 Å². The van der Waals surface area contributed by atoms with Gasteiger partial charge in [0, 0.05) is 5.57 Å². The van der Waals surface area contributed by atoms with E-state index in [9.17, 15) is 4.79 Å². The van der Waals surface area contributed by atoms with Crippen LogP contribution in [-0.4, -0.2) is 17.1 Å². The third kappa shape index (κ3) is 4.36. The summed E-state index contributed by atoms with van der Waals surface area (Å²) in [5.74, 6) is -1.01. The number of rotatable bonds is 4. The fourth-order valence-corrected chi connectivity index (χ4v) is 4.11. The highest BCUT2D eigenvalue weighted by Gasteiger charge is 2.33. The smallest absolute Gasteiger partial charge is 0.369 e. The Hall–Kier alpha value is 0.297. The number of carbonyl (C=O) groups is 1. The highest BCUT2D eigenvalue weighted by Crippen LogP contribution is 2.33. The zero-order chi connectivity index (χ0) is 10.6. The second kappa shape index (κ2) is 5.25. The average molecular weight is 262 g/mol. The summed E-state index contributed by atoms with van der Waals surface area (Å²) in [4.78, 5) is 10.7. The van der Waals surface area contributed by atoms with Crippen molar-refractivity contribution in [3.05, 3.63) is 10.8 Å². The minimum atomic E-state index is -3.02. The van der Waals surface area contributed by atoms with Crippen molar-refractivity contribution in [2.75, 3.05) is 0 Å². The van der Waals surface area contributed by atoms with Gasteiger partial charge in [-0.2, -0.15) is 0 Å². The lowest BCUT2D eigenvalue weighted by Gasteiger charge is -2.14. The number of carboxylic acid groups (broad SMARTS) is 1. The van der Waals surface area contributed by atoms with Crippen molar-refractivity contribution >= 4 is 45.2 Å². The van der Waals surface area contributed by atoms with Crippen molar-refractivity contribution in [3.8, 4) is 0 Å². The number of carboxylic acids is 1. The minimum absolute atomic E-state index is 0.175. The van der Waals surface area contributed by atoms with Gasteiger partial charge in [-0.25, -0.2) is 4.79 Å². The molecule has 0 rings (SSSR count). The molecule has 0 aliphatic rings. The van der Waals surface area contributed by atoms with Crippen LogP contribution in [0, 0.1) is 0 Å².